The van der Waals surface area contributed by atoms with Gasteiger partial charge >= 0.3 is 0 Å². The summed E-state index contributed by atoms with van der Waals surface area (Å²) in [4.78, 5) is 11.3. The van der Waals surface area contributed by atoms with Gasteiger partial charge in [-0.2, -0.15) is 0 Å². The van der Waals surface area contributed by atoms with E-state index in [9.17, 15) is 15.0 Å². The van der Waals surface area contributed by atoms with Gasteiger partial charge in [-0.25, -0.2) is 0 Å². The third-order valence-electron chi connectivity index (χ3n) is 3.54. The summed E-state index contributed by atoms with van der Waals surface area (Å²) in [6.07, 6.45) is 11.0. The van der Waals surface area contributed by atoms with Crippen LogP contribution in [0, 0.1) is 0 Å². The first-order valence-electron chi connectivity index (χ1n) is 7.84. The van der Waals surface area contributed by atoms with Crippen molar-refractivity contribution < 1.29 is 15.0 Å². The molecule has 0 radical (unpaired) electrons. The van der Waals surface area contributed by atoms with Crippen molar-refractivity contribution >= 4 is 12.4 Å². The lowest BCUT2D eigenvalue weighted by Gasteiger charge is -2.10. The molecule has 120 valence electrons. The summed E-state index contributed by atoms with van der Waals surface area (Å²) >= 11 is 0. The lowest BCUT2D eigenvalue weighted by Crippen LogP contribution is -1.94. The Labute approximate surface area is 133 Å². The molecule has 0 amide bonds. The topological polar surface area (TPSA) is 57.5 Å². The van der Waals surface area contributed by atoms with Crippen LogP contribution >= 0.6 is 0 Å². The minimum Gasteiger partial charge on any atom is -0.507 e. The molecule has 0 bridgehead atoms. The molecule has 0 saturated heterocycles. The van der Waals surface area contributed by atoms with Gasteiger partial charge in [-0.15, -0.1) is 0 Å². The van der Waals surface area contributed by atoms with Gasteiger partial charge in [0.05, 0.1) is 5.56 Å². The molecule has 0 aliphatic rings. The van der Waals surface area contributed by atoms with Crippen LogP contribution in [0.3, 0.4) is 0 Å². The molecule has 3 nitrogen and oxygen atoms in total. The van der Waals surface area contributed by atoms with Crippen LogP contribution in [0.15, 0.2) is 23.8 Å². The molecule has 3 heteroatoms. The number of aromatic hydroxyl groups is 2. The van der Waals surface area contributed by atoms with E-state index in [1.54, 1.807) is 6.08 Å². The molecule has 1 aromatic rings. The number of allylic oxidation sites excluding steroid dienone is 3. The molecule has 1 rings (SSSR count). The summed E-state index contributed by atoms with van der Waals surface area (Å²) in [5, 5.41) is 20.4. The fourth-order valence-corrected chi connectivity index (χ4v) is 2.23. The van der Waals surface area contributed by atoms with E-state index in [1.807, 2.05) is 26.0 Å². The molecular formula is C19H26O3. The Morgan fingerprint density at radius 1 is 1.18 bits per heavy atom. The van der Waals surface area contributed by atoms with Gasteiger partial charge < -0.3 is 10.2 Å². The fraction of sp³-hybridized carbons (Fsp3) is 0.421. The van der Waals surface area contributed by atoms with Crippen molar-refractivity contribution in [1.29, 1.82) is 0 Å². The van der Waals surface area contributed by atoms with E-state index >= 15 is 0 Å². The zero-order valence-corrected chi connectivity index (χ0v) is 13.7. The lowest BCUT2D eigenvalue weighted by atomic mass is 9.98. The van der Waals surface area contributed by atoms with E-state index in [4.69, 9.17) is 0 Å². The van der Waals surface area contributed by atoms with Gasteiger partial charge in [0.25, 0.3) is 0 Å². The Kier molecular flexibility index (Phi) is 7.44. The summed E-state index contributed by atoms with van der Waals surface area (Å²) in [7, 11) is 0. The van der Waals surface area contributed by atoms with Crippen LogP contribution in [0.1, 0.15) is 67.9 Å². The third-order valence-corrected chi connectivity index (χ3v) is 3.54. The molecule has 0 heterocycles. The Morgan fingerprint density at radius 3 is 2.50 bits per heavy atom. The molecule has 0 atom stereocenters. The van der Waals surface area contributed by atoms with Gasteiger partial charge in [-0.1, -0.05) is 43.6 Å². The first kappa shape index (κ1) is 18.0. The Hall–Kier alpha value is -2.03. The predicted octanol–water partition coefficient (Wildman–Crippen LogP) is 5.01. The number of carbonyl (C=O) groups excluding carboxylic acids is 1. The van der Waals surface area contributed by atoms with Gasteiger partial charge in [0.1, 0.15) is 11.5 Å². The maximum atomic E-state index is 11.3. The Bertz CT molecular complexity index is 565. The summed E-state index contributed by atoms with van der Waals surface area (Å²) in [6, 6.07) is 1.54. The smallest absolute Gasteiger partial charge is 0.154 e. The number of carbonyl (C=O) groups is 1. The number of unbranched alkanes of at least 4 members (excludes halogenated alkanes) is 3. The highest BCUT2D eigenvalue weighted by Crippen LogP contribution is 2.33. The Morgan fingerprint density at radius 2 is 1.91 bits per heavy atom. The standard InChI is InChI=1S/C19H26O3/c1-4-5-6-7-8-9-16-17(13-20)19(22)15(12-18(16)21)11-10-14(2)3/h8-10,12-13,21-22H,4-7,11H2,1-3H3. The zero-order valence-electron chi connectivity index (χ0n) is 13.7. The number of hydrogen-bond donors (Lipinski definition) is 2. The molecule has 22 heavy (non-hydrogen) atoms. The first-order valence-corrected chi connectivity index (χ1v) is 7.84. The highest BCUT2D eigenvalue weighted by molar-refractivity contribution is 5.88. The fourth-order valence-electron chi connectivity index (χ4n) is 2.23. The summed E-state index contributed by atoms with van der Waals surface area (Å²) in [5.41, 5.74) is 2.23. The van der Waals surface area contributed by atoms with Crippen molar-refractivity contribution in [3.05, 3.63) is 40.5 Å². The number of phenolic OH excluding ortho intramolecular Hbond substituents is 2. The quantitative estimate of drug-likeness (QED) is 0.307. The number of aldehydes is 1. The highest BCUT2D eigenvalue weighted by Gasteiger charge is 2.14. The van der Waals surface area contributed by atoms with E-state index < -0.39 is 0 Å². The second-order valence-electron chi connectivity index (χ2n) is 5.73. The van der Waals surface area contributed by atoms with Crippen molar-refractivity contribution in [3.63, 3.8) is 0 Å². The van der Waals surface area contributed by atoms with Crippen LogP contribution in [-0.4, -0.2) is 16.5 Å². The maximum Gasteiger partial charge on any atom is 0.154 e. The second kappa shape index (κ2) is 9.08. The monoisotopic (exact) mass is 302 g/mol. The lowest BCUT2D eigenvalue weighted by molar-refractivity contribution is 0.112. The summed E-state index contributed by atoms with van der Waals surface area (Å²) < 4.78 is 0. The molecule has 1 aromatic carbocycles. The molecule has 0 saturated carbocycles. The molecule has 2 N–H and O–H groups in total. The molecule has 0 aliphatic heterocycles. The number of benzene rings is 1. The van der Waals surface area contributed by atoms with Crippen LogP contribution in [0.5, 0.6) is 11.5 Å². The van der Waals surface area contributed by atoms with Gasteiger partial charge in [-0.3, -0.25) is 4.79 Å². The average molecular weight is 302 g/mol. The zero-order chi connectivity index (χ0) is 16.5. The molecule has 0 unspecified atom stereocenters. The van der Waals surface area contributed by atoms with Crippen LogP contribution in [0.25, 0.3) is 6.08 Å². The minimum atomic E-state index is -0.0430. The molecule has 0 aromatic heterocycles. The normalized spacial score (nSPS) is 10.9. The van der Waals surface area contributed by atoms with E-state index in [-0.39, 0.29) is 17.1 Å². The van der Waals surface area contributed by atoms with E-state index in [2.05, 4.69) is 6.92 Å². The number of phenols is 2. The molecule has 0 aliphatic carbocycles. The van der Waals surface area contributed by atoms with Gasteiger partial charge in [0, 0.05) is 11.1 Å². The van der Waals surface area contributed by atoms with Crippen molar-refractivity contribution in [1.82, 2.24) is 0 Å². The number of hydrogen-bond acceptors (Lipinski definition) is 3. The SMILES string of the molecule is CCCCCC=Cc1c(O)cc(CC=C(C)C)c(O)c1C=O. The minimum absolute atomic E-state index is 0.0313. The second-order valence-corrected chi connectivity index (χ2v) is 5.73. The van der Waals surface area contributed by atoms with Crippen molar-refractivity contribution in [3.8, 4) is 11.5 Å². The van der Waals surface area contributed by atoms with E-state index in [0.29, 0.717) is 23.8 Å². The summed E-state index contributed by atoms with van der Waals surface area (Å²) in [6.45, 7) is 6.07. The van der Waals surface area contributed by atoms with E-state index in [0.717, 1.165) is 31.3 Å². The summed E-state index contributed by atoms with van der Waals surface area (Å²) in [5.74, 6) is -0.0118. The van der Waals surface area contributed by atoms with Crippen LogP contribution in [0.4, 0.5) is 0 Å². The van der Waals surface area contributed by atoms with Crippen LogP contribution in [0.2, 0.25) is 0 Å². The highest BCUT2D eigenvalue weighted by atomic mass is 16.3. The molecule has 0 spiro atoms. The molecular weight excluding hydrogens is 276 g/mol. The maximum absolute atomic E-state index is 11.3. The van der Waals surface area contributed by atoms with Gasteiger partial charge in [-0.05, 0) is 39.2 Å². The van der Waals surface area contributed by atoms with Gasteiger partial charge in [0.15, 0.2) is 6.29 Å². The largest absolute Gasteiger partial charge is 0.507 e. The average Bonchev–Trinajstić information content (AvgIpc) is 2.48. The van der Waals surface area contributed by atoms with Crippen LogP contribution in [-0.2, 0) is 6.42 Å². The van der Waals surface area contributed by atoms with E-state index in [1.165, 1.54) is 6.07 Å². The van der Waals surface area contributed by atoms with Crippen LogP contribution < -0.4 is 0 Å². The molecule has 0 fully saturated rings. The third kappa shape index (κ3) is 5.06. The first-order chi connectivity index (χ1) is 10.5. The van der Waals surface area contributed by atoms with Gasteiger partial charge in [0.2, 0.25) is 0 Å². The van der Waals surface area contributed by atoms with Crippen molar-refractivity contribution in [2.45, 2.75) is 52.9 Å². The van der Waals surface area contributed by atoms with Crippen molar-refractivity contribution in [2.24, 2.45) is 0 Å². The predicted molar refractivity (Wildman–Crippen MR) is 91.5 cm³/mol. The Balaban J connectivity index is 3.06. The number of rotatable bonds is 8. The van der Waals surface area contributed by atoms with Crippen molar-refractivity contribution in [2.75, 3.05) is 0 Å².